The zero-order valence-electron chi connectivity index (χ0n) is 39.8. The van der Waals surface area contributed by atoms with Gasteiger partial charge in [0.1, 0.15) is 12.6 Å². The number of ether oxygens (including phenoxy) is 12. The van der Waals surface area contributed by atoms with E-state index in [1.54, 1.807) is 12.1 Å². The highest BCUT2D eigenvalue weighted by Gasteiger charge is 2.45. The van der Waals surface area contributed by atoms with Gasteiger partial charge in [-0.15, -0.1) is 0 Å². The quantitative estimate of drug-likeness (QED) is 0.0351. The van der Waals surface area contributed by atoms with Crippen LogP contribution in [-0.4, -0.2) is 215 Å². The number of aliphatic carboxylic acids is 1. The Hall–Kier alpha value is -4.86. The number of nitrogens with one attached hydrogen (secondary N) is 2. The second-order valence-corrected chi connectivity index (χ2v) is 15.2. The second kappa shape index (κ2) is 37.9. The Labute approximate surface area is 406 Å². The number of nitrogens with zero attached hydrogens (tertiary/aromatic N) is 1. The molecule has 0 aromatic heterocycles. The first-order chi connectivity index (χ1) is 34.1. The minimum absolute atomic E-state index is 0.00159. The summed E-state index contributed by atoms with van der Waals surface area (Å²) in [5, 5.41) is 13.4. The predicted octanol–water partition coefficient (Wildman–Crippen LogP) is 0.746. The Kier molecular flexibility index (Phi) is 32.2. The van der Waals surface area contributed by atoms with Gasteiger partial charge in [-0.2, -0.15) is 0 Å². The van der Waals surface area contributed by atoms with E-state index >= 15 is 0 Å². The SMILES string of the molecule is O=C1CCC(N2C(=O)c3cccc(NC(=O)CCCCCOCCOCCOCCOCCOCCOCCOCCOCCOCCOCCOCCOC(=O)CCC(=O)C(=O)O)c3C2=O)C(=O)N1. The van der Waals surface area contributed by atoms with E-state index in [9.17, 15) is 38.4 Å². The molecule has 5 amide bonds. The van der Waals surface area contributed by atoms with Crippen LogP contribution in [0.2, 0.25) is 0 Å². The average molecular weight is 1000 g/mol. The molecule has 2 heterocycles. The first kappa shape index (κ1) is 59.4. The van der Waals surface area contributed by atoms with Crippen molar-refractivity contribution in [2.24, 2.45) is 0 Å². The van der Waals surface area contributed by atoms with Crippen LogP contribution in [0.25, 0.3) is 0 Å². The molecule has 2 aliphatic heterocycles. The Balaban J connectivity index is 0.958. The molecule has 0 spiro atoms. The van der Waals surface area contributed by atoms with Gasteiger partial charge in [0.15, 0.2) is 0 Å². The molecule has 2 aliphatic rings. The number of carboxylic acid groups (broad SMARTS) is 1. The number of rotatable bonds is 45. The highest BCUT2D eigenvalue weighted by Crippen LogP contribution is 2.32. The number of piperidine rings is 1. The molecular weight excluding hydrogens is 931 g/mol. The summed E-state index contributed by atoms with van der Waals surface area (Å²) >= 11 is 0. The van der Waals surface area contributed by atoms with Crippen LogP contribution < -0.4 is 10.6 Å². The lowest BCUT2D eigenvalue weighted by Gasteiger charge is -2.27. The number of carbonyl (C=O) groups is 8. The number of anilines is 1. The number of unbranched alkanes of at least 4 members (excludes halogenated alkanes) is 2. The molecule has 0 bridgehead atoms. The second-order valence-electron chi connectivity index (χ2n) is 15.2. The molecular formula is C46H69N3O21. The number of carboxylic acids is 1. The third-order valence-electron chi connectivity index (χ3n) is 9.94. The van der Waals surface area contributed by atoms with Gasteiger partial charge in [-0.3, -0.25) is 43.8 Å². The predicted molar refractivity (Wildman–Crippen MR) is 242 cm³/mol. The van der Waals surface area contributed by atoms with Crippen LogP contribution in [-0.2, 0) is 85.6 Å². The Morgan fingerprint density at radius 2 is 0.986 bits per heavy atom. The summed E-state index contributed by atoms with van der Waals surface area (Å²) in [7, 11) is 0. The number of carbonyl (C=O) groups excluding carboxylic acids is 7. The van der Waals surface area contributed by atoms with E-state index in [0.717, 1.165) is 17.7 Å². The van der Waals surface area contributed by atoms with Crippen LogP contribution in [0, 0.1) is 0 Å². The molecule has 3 rings (SSSR count). The molecule has 394 valence electrons. The van der Waals surface area contributed by atoms with Crippen molar-refractivity contribution < 1.29 is 100 Å². The van der Waals surface area contributed by atoms with Gasteiger partial charge in [0.05, 0.1) is 162 Å². The van der Waals surface area contributed by atoms with E-state index in [-0.39, 0.29) is 61.6 Å². The maximum Gasteiger partial charge on any atom is 0.372 e. The number of benzene rings is 1. The van der Waals surface area contributed by atoms with Crippen molar-refractivity contribution in [1.29, 1.82) is 0 Å². The topological polar surface area (TPSA) is 295 Å². The number of hydrogen-bond donors (Lipinski definition) is 3. The molecule has 70 heavy (non-hydrogen) atoms. The van der Waals surface area contributed by atoms with E-state index in [1.165, 1.54) is 6.07 Å². The van der Waals surface area contributed by atoms with Crippen molar-refractivity contribution in [2.45, 2.75) is 57.4 Å². The van der Waals surface area contributed by atoms with Gasteiger partial charge in [0.2, 0.25) is 23.5 Å². The van der Waals surface area contributed by atoms with E-state index in [2.05, 4.69) is 10.6 Å². The summed E-state index contributed by atoms with van der Waals surface area (Å²) in [6.45, 7) is 9.01. The standard InChI is InChI=1S/C46H69N3O21/c50-38(46(57)58)9-11-41(53)70-34-33-69-32-31-68-30-29-67-28-27-66-26-25-65-24-23-64-22-21-63-20-19-62-18-17-61-16-15-60-14-13-59-12-3-1-2-7-39(51)47-36-6-4-5-35-42(36)45(56)49(44(35)55)37-8-10-40(52)48-43(37)54/h4-6,37H,1-3,7-34H2,(H,47,51)(H,57,58)(H,48,52,54). The fraction of sp³-hybridized carbons (Fsp3) is 0.696. The van der Waals surface area contributed by atoms with Crippen LogP contribution in [0.15, 0.2) is 18.2 Å². The molecule has 24 nitrogen and oxygen atoms in total. The largest absolute Gasteiger partial charge is 0.476 e. The summed E-state index contributed by atoms with van der Waals surface area (Å²) in [5.41, 5.74) is 0.352. The summed E-state index contributed by atoms with van der Waals surface area (Å²) in [6.07, 6.45) is 1.69. The summed E-state index contributed by atoms with van der Waals surface area (Å²) < 4.78 is 64.9. The number of ketones is 1. The zero-order chi connectivity index (χ0) is 50.4. The van der Waals surface area contributed by atoms with Crippen molar-refractivity contribution in [3.63, 3.8) is 0 Å². The summed E-state index contributed by atoms with van der Waals surface area (Å²) in [6, 6.07) is 3.50. The van der Waals surface area contributed by atoms with Crippen molar-refractivity contribution >= 4 is 52.9 Å². The maximum atomic E-state index is 13.2. The molecule has 1 fully saturated rings. The average Bonchev–Trinajstić information content (AvgIpc) is 3.59. The van der Waals surface area contributed by atoms with E-state index in [0.29, 0.717) is 145 Å². The highest BCUT2D eigenvalue weighted by atomic mass is 16.6. The van der Waals surface area contributed by atoms with Crippen molar-refractivity contribution in [3.05, 3.63) is 29.3 Å². The lowest BCUT2D eigenvalue weighted by Crippen LogP contribution is -2.54. The zero-order valence-corrected chi connectivity index (χ0v) is 39.8. The van der Waals surface area contributed by atoms with Crippen molar-refractivity contribution in [2.75, 3.05) is 157 Å². The Bertz CT molecular complexity index is 1750. The van der Waals surface area contributed by atoms with E-state index in [4.69, 9.17) is 61.9 Å². The molecule has 0 radical (unpaired) electrons. The molecule has 3 N–H and O–H groups in total. The minimum atomic E-state index is -1.57. The van der Waals surface area contributed by atoms with E-state index < -0.39 is 53.8 Å². The normalized spacial score (nSPS) is 14.5. The van der Waals surface area contributed by atoms with Crippen LogP contribution in [0.5, 0.6) is 0 Å². The number of imide groups is 2. The van der Waals surface area contributed by atoms with Crippen molar-refractivity contribution in [3.8, 4) is 0 Å². The van der Waals surface area contributed by atoms with Crippen LogP contribution in [0.4, 0.5) is 5.69 Å². The Morgan fingerprint density at radius 3 is 1.43 bits per heavy atom. The lowest BCUT2D eigenvalue weighted by atomic mass is 10.0. The molecule has 1 atom stereocenters. The first-order valence-corrected chi connectivity index (χ1v) is 23.5. The molecule has 1 aromatic rings. The monoisotopic (exact) mass is 999 g/mol. The molecule has 0 aliphatic carbocycles. The van der Waals surface area contributed by atoms with Gasteiger partial charge in [0, 0.05) is 25.9 Å². The van der Waals surface area contributed by atoms with Crippen LogP contribution >= 0.6 is 0 Å². The maximum absolute atomic E-state index is 13.2. The van der Waals surface area contributed by atoms with Gasteiger partial charge in [-0.1, -0.05) is 12.5 Å². The molecule has 1 aromatic carbocycles. The van der Waals surface area contributed by atoms with E-state index in [1.807, 2.05) is 0 Å². The third-order valence-corrected chi connectivity index (χ3v) is 9.94. The van der Waals surface area contributed by atoms with Gasteiger partial charge in [-0.25, -0.2) is 4.79 Å². The summed E-state index contributed by atoms with van der Waals surface area (Å²) in [5.74, 6) is -6.03. The number of esters is 1. The van der Waals surface area contributed by atoms with Gasteiger partial charge >= 0.3 is 11.9 Å². The van der Waals surface area contributed by atoms with Gasteiger partial charge < -0.3 is 67.3 Å². The lowest BCUT2D eigenvalue weighted by molar-refractivity contribution is -0.151. The van der Waals surface area contributed by atoms with Crippen LogP contribution in [0.3, 0.4) is 0 Å². The van der Waals surface area contributed by atoms with Crippen molar-refractivity contribution in [1.82, 2.24) is 10.2 Å². The summed E-state index contributed by atoms with van der Waals surface area (Å²) in [4.78, 5) is 96.4. The molecule has 24 heteroatoms. The smallest absolute Gasteiger partial charge is 0.372 e. The highest BCUT2D eigenvalue weighted by molar-refractivity contribution is 6.32. The number of Topliss-reactive ketones (excluding diaryl/α,β-unsaturated/α-hetero) is 1. The van der Waals surface area contributed by atoms with Crippen LogP contribution in [0.1, 0.15) is 72.1 Å². The number of hydrogen-bond acceptors (Lipinski definition) is 20. The van der Waals surface area contributed by atoms with Gasteiger partial charge in [-0.05, 0) is 31.4 Å². The fourth-order valence-electron chi connectivity index (χ4n) is 6.41. The first-order valence-electron chi connectivity index (χ1n) is 23.5. The minimum Gasteiger partial charge on any atom is -0.476 e. The molecule has 1 unspecified atom stereocenters. The fourth-order valence-corrected chi connectivity index (χ4v) is 6.41. The Morgan fingerprint density at radius 1 is 0.543 bits per heavy atom. The third kappa shape index (κ3) is 25.8. The number of amides is 5. The number of fused-ring (bicyclic) bond motifs is 1. The molecule has 0 saturated carbocycles. The van der Waals surface area contributed by atoms with Gasteiger partial charge in [0.25, 0.3) is 11.8 Å². The molecule has 1 saturated heterocycles.